The van der Waals surface area contributed by atoms with Gasteiger partial charge in [-0.2, -0.15) is 0 Å². The van der Waals surface area contributed by atoms with Crippen molar-refractivity contribution in [3.05, 3.63) is 23.8 Å². The van der Waals surface area contributed by atoms with Gasteiger partial charge in [0, 0.05) is 6.54 Å². The van der Waals surface area contributed by atoms with Crippen molar-refractivity contribution in [3.63, 3.8) is 0 Å². The number of fused-ring (bicyclic) bond motifs is 1. The van der Waals surface area contributed by atoms with Crippen LogP contribution in [0, 0.1) is 0 Å². The maximum Gasteiger partial charge on any atom is 0.255 e. The Balaban J connectivity index is 2.10. The summed E-state index contributed by atoms with van der Waals surface area (Å²) >= 11 is 0. The molecule has 0 unspecified atom stereocenters. The predicted octanol–water partition coefficient (Wildman–Crippen LogP) is 1.74. The highest BCUT2D eigenvalue weighted by atomic mass is 16.6. The summed E-state index contributed by atoms with van der Waals surface area (Å²) in [6.45, 7) is 4.95. The predicted molar refractivity (Wildman–Crippen MR) is 75.3 cm³/mol. The van der Waals surface area contributed by atoms with Crippen LogP contribution >= 0.6 is 0 Å². The van der Waals surface area contributed by atoms with E-state index in [0.29, 0.717) is 43.1 Å². The third-order valence-electron chi connectivity index (χ3n) is 3.71. The molecule has 5 heteroatoms. The van der Waals surface area contributed by atoms with Gasteiger partial charge < -0.3 is 19.9 Å². The first-order valence-electron chi connectivity index (χ1n) is 6.99. The van der Waals surface area contributed by atoms with Gasteiger partial charge >= 0.3 is 0 Å². The fraction of sp³-hybridized carbons (Fsp3) is 0.533. The first-order chi connectivity index (χ1) is 9.59. The number of aliphatic hydroxyl groups is 1. The average molecular weight is 279 g/mol. The molecule has 1 amide bonds. The molecule has 0 aliphatic carbocycles. The molecule has 0 bridgehead atoms. The second-order valence-corrected chi connectivity index (χ2v) is 4.94. The third-order valence-corrected chi connectivity index (χ3v) is 3.71. The van der Waals surface area contributed by atoms with Crippen molar-refractivity contribution in [2.75, 3.05) is 19.8 Å². The summed E-state index contributed by atoms with van der Waals surface area (Å²) in [5, 5.41) is 13.0. The molecule has 1 aliphatic rings. The van der Waals surface area contributed by atoms with Crippen molar-refractivity contribution in [1.82, 2.24) is 5.32 Å². The van der Waals surface area contributed by atoms with Crippen LogP contribution in [0.15, 0.2) is 18.2 Å². The van der Waals surface area contributed by atoms with Crippen LogP contribution in [0.2, 0.25) is 0 Å². The van der Waals surface area contributed by atoms with Crippen molar-refractivity contribution in [2.45, 2.75) is 32.3 Å². The number of hydrogen-bond acceptors (Lipinski definition) is 4. The number of amides is 1. The van der Waals surface area contributed by atoms with E-state index in [2.05, 4.69) is 5.32 Å². The quantitative estimate of drug-likeness (QED) is 0.861. The molecule has 1 aliphatic heterocycles. The van der Waals surface area contributed by atoms with Gasteiger partial charge in [-0.1, -0.05) is 19.9 Å². The molecule has 2 N–H and O–H groups in total. The molecule has 0 spiro atoms. The molecule has 20 heavy (non-hydrogen) atoms. The molecule has 0 saturated heterocycles. The van der Waals surface area contributed by atoms with Gasteiger partial charge in [-0.3, -0.25) is 4.79 Å². The number of rotatable bonds is 5. The molecule has 0 fully saturated rings. The number of nitrogens with one attached hydrogen (secondary N) is 1. The summed E-state index contributed by atoms with van der Waals surface area (Å²) in [6, 6.07) is 5.23. The number of hydrogen-bond donors (Lipinski definition) is 2. The Morgan fingerprint density at radius 3 is 2.70 bits per heavy atom. The fourth-order valence-electron chi connectivity index (χ4n) is 2.09. The van der Waals surface area contributed by atoms with E-state index in [-0.39, 0.29) is 12.5 Å². The molecular formula is C15H21NO4. The van der Waals surface area contributed by atoms with Gasteiger partial charge in [0.1, 0.15) is 13.2 Å². The molecule has 5 nitrogen and oxygen atoms in total. The van der Waals surface area contributed by atoms with Crippen LogP contribution < -0.4 is 14.8 Å². The smallest absolute Gasteiger partial charge is 0.255 e. The van der Waals surface area contributed by atoms with E-state index in [1.54, 1.807) is 18.2 Å². The lowest BCUT2D eigenvalue weighted by molar-refractivity contribution is 0.0313. The Kier molecular flexibility index (Phi) is 4.49. The van der Waals surface area contributed by atoms with E-state index in [1.807, 2.05) is 13.8 Å². The monoisotopic (exact) mass is 279 g/mol. The van der Waals surface area contributed by atoms with Gasteiger partial charge in [-0.25, -0.2) is 0 Å². The molecule has 1 aromatic carbocycles. The third kappa shape index (κ3) is 3.04. The molecule has 0 saturated carbocycles. The van der Waals surface area contributed by atoms with Gasteiger partial charge in [0.25, 0.3) is 5.91 Å². The van der Waals surface area contributed by atoms with Crippen molar-refractivity contribution in [3.8, 4) is 11.5 Å². The van der Waals surface area contributed by atoms with E-state index < -0.39 is 5.60 Å². The van der Waals surface area contributed by atoms with Crippen molar-refractivity contribution in [2.24, 2.45) is 0 Å². The largest absolute Gasteiger partial charge is 0.486 e. The second-order valence-electron chi connectivity index (χ2n) is 4.94. The van der Waals surface area contributed by atoms with Crippen molar-refractivity contribution in [1.29, 1.82) is 0 Å². The lowest BCUT2D eigenvalue weighted by Gasteiger charge is -2.26. The number of ether oxygens (including phenoxy) is 2. The Hall–Kier alpha value is -1.75. The first kappa shape index (κ1) is 14.7. The minimum absolute atomic E-state index is 0.226. The molecule has 0 aromatic heterocycles. The van der Waals surface area contributed by atoms with Crippen LogP contribution in [-0.4, -0.2) is 36.4 Å². The average Bonchev–Trinajstić information content (AvgIpc) is 2.51. The highest BCUT2D eigenvalue weighted by Gasteiger charge is 2.25. The normalized spacial score (nSPS) is 13.9. The fourth-order valence-corrected chi connectivity index (χ4v) is 2.09. The summed E-state index contributed by atoms with van der Waals surface area (Å²) in [5.74, 6) is 0.811. The van der Waals surface area contributed by atoms with Gasteiger partial charge in [-0.05, 0) is 25.0 Å². The minimum atomic E-state index is -0.859. The van der Waals surface area contributed by atoms with Crippen molar-refractivity contribution >= 4 is 5.91 Å². The van der Waals surface area contributed by atoms with Gasteiger partial charge in [0.05, 0.1) is 11.2 Å². The minimum Gasteiger partial charge on any atom is -0.486 e. The molecule has 110 valence electrons. The molecule has 0 atom stereocenters. The van der Waals surface area contributed by atoms with E-state index in [0.717, 1.165) is 0 Å². The molecular weight excluding hydrogens is 258 g/mol. The van der Waals surface area contributed by atoms with E-state index in [1.165, 1.54) is 0 Å². The SMILES string of the molecule is CCC(O)(CC)CNC(=O)c1cccc2c1OCCO2. The summed E-state index contributed by atoms with van der Waals surface area (Å²) in [7, 11) is 0. The topological polar surface area (TPSA) is 67.8 Å². The summed E-state index contributed by atoms with van der Waals surface area (Å²) in [4.78, 5) is 12.2. The lowest BCUT2D eigenvalue weighted by atomic mass is 9.97. The van der Waals surface area contributed by atoms with Crippen LogP contribution in [-0.2, 0) is 0 Å². The molecule has 0 radical (unpaired) electrons. The second kappa shape index (κ2) is 6.13. The highest BCUT2D eigenvalue weighted by molar-refractivity contribution is 5.97. The summed E-state index contributed by atoms with van der Waals surface area (Å²) in [6.07, 6.45) is 1.19. The number of para-hydroxylation sites is 1. The zero-order chi connectivity index (χ0) is 14.6. The van der Waals surface area contributed by atoms with Crippen LogP contribution in [0.5, 0.6) is 11.5 Å². The van der Waals surface area contributed by atoms with Crippen molar-refractivity contribution < 1.29 is 19.4 Å². The van der Waals surface area contributed by atoms with E-state index in [4.69, 9.17) is 9.47 Å². The van der Waals surface area contributed by atoms with Crippen LogP contribution in [0.3, 0.4) is 0 Å². The maximum absolute atomic E-state index is 12.2. The molecule has 1 heterocycles. The highest BCUT2D eigenvalue weighted by Crippen LogP contribution is 2.33. The van der Waals surface area contributed by atoms with Gasteiger partial charge in [-0.15, -0.1) is 0 Å². The van der Waals surface area contributed by atoms with Crippen LogP contribution in [0.1, 0.15) is 37.0 Å². The molecule has 1 aromatic rings. The van der Waals surface area contributed by atoms with E-state index >= 15 is 0 Å². The summed E-state index contributed by atoms with van der Waals surface area (Å²) < 4.78 is 11.0. The Labute approximate surface area is 118 Å². The Morgan fingerprint density at radius 2 is 2.00 bits per heavy atom. The van der Waals surface area contributed by atoms with Crippen LogP contribution in [0.4, 0.5) is 0 Å². The Bertz CT molecular complexity index is 483. The zero-order valence-corrected chi connectivity index (χ0v) is 11.9. The number of carbonyl (C=O) groups is 1. The first-order valence-corrected chi connectivity index (χ1v) is 6.99. The maximum atomic E-state index is 12.2. The summed E-state index contributed by atoms with van der Waals surface area (Å²) in [5.41, 5.74) is -0.418. The number of benzene rings is 1. The van der Waals surface area contributed by atoms with E-state index in [9.17, 15) is 9.90 Å². The zero-order valence-electron chi connectivity index (χ0n) is 11.9. The van der Waals surface area contributed by atoms with Gasteiger partial charge in [0.2, 0.25) is 0 Å². The van der Waals surface area contributed by atoms with Gasteiger partial charge in [0.15, 0.2) is 11.5 Å². The number of carbonyl (C=O) groups excluding carboxylic acids is 1. The van der Waals surface area contributed by atoms with Crippen LogP contribution in [0.25, 0.3) is 0 Å². The Morgan fingerprint density at radius 1 is 1.30 bits per heavy atom. The standard InChI is InChI=1S/C15H21NO4/c1-3-15(18,4-2)10-16-14(17)11-6-5-7-12-13(11)20-9-8-19-12/h5-7,18H,3-4,8-10H2,1-2H3,(H,16,17). The molecule has 2 rings (SSSR count). The lowest BCUT2D eigenvalue weighted by Crippen LogP contribution is -2.42.